The Morgan fingerprint density at radius 2 is 1.84 bits per heavy atom. The van der Waals surface area contributed by atoms with Gasteiger partial charge in [0.1, 0.15) is 0 Å². The fourth-order valence-electron chi connectivity index (χ4n) is 2.72. The van der Waals surface area contributed by atoms with Gasteiger partial charge in [-0.2, -0.15) is 0 Å². The van der Waals surface area contributed by atoms with Crippen LogP contribution in [0.15, 0.2) is 73.7 Å². The fourth-order valence-corrected chi connectivity index (χ4v) is 2.72. The van der Waals surface area contributed by atoms with Crippen LogP contribution in [0.4, 0.5) is 0 Å². The minimum atomic E-state index is 0.757. The highest BCUT2D eigenvalue weighted by molar-refractivity contribution is 5.55. The molecule has 2 aromatic heterocycles. The Morgan fingerprint density at radius 1 is 1.00 bits per heavy atom. The number of hydrogen-bond donors (Lipinski definition) is 0. The maximum Gasteiger partial charge on any atom is 0.159 e. The van der Waals surface area contributed by atoms with E-state index in [1.807, 2.05) is 55.0 Å². The van der Waals surface area contributed by atoms with E-state index < -0.39 is 0 Å². The van der Waals surface area contributed by atoms with Crippen molar-refractivity contribution in [2.24, 2.45) is 0 Å². The Hall–Kier alpha value is -2.85. The zero-order valence-corrected chi connectivity index (χ0v) is 14.5. The van der Waals surface area contributed by atoms with Crippen molar-refractivity contribution in [1.82, 2.24) is 19.9 Å². The maximum absolute atomic E-state index is 4.53. The first-order valence-corrected chi connectivity index (χ1v) is 8.36. The molecule has 126 valence electrons. The van der Waals surface area contributed by atoms with Gasteiger partial charge in [-0.25, -0.2) is 9.97 Å². The first-order chi connectivity index (χ1) is 12.2. The number of benzene rings is 1. The molecule has 3 rings (SSSR count). The lowest BCUT2D eigenvalue weighted by molar-refractivity contribution is 0.282. The number of hydrogen-bond acceptors (Lipinski definition) is 4. The van der Waals surface area contributed by atoms with Gasteiger partial charge in [-0.3, -0.25) is 9.88 Å². The second-order valence-electron chi connectivity index (χ2n) is 6.06. The van der Waals surface area contributed by atoms with Crippen LogP contribution in [0.25, 0.3) is 11.4 Å². The fraction of sp³-hybridized carbons (Fsp3) is 0.190. The second kappa shape index (κ2) is 8.31. The van der Waals surface area contributed by atoms with E-state index >= 15 is 0 Å². The number of rotatable bonds is 7. The van der Waals surface area contributed by atoms with E-state index in [9.17, 15) is 0 Å². The average molecular weight is 330 g/mol. The third-order valence-corrected chi connectivity index (χ3v) is 3.89. The van der Waals surface area contributed by atoms with Gasteiger partial charge in [0, 0.05) is 49.4 Å². The van der Waals surface area contributed by atoms with Crippen LogP contribution in [0.1, 0.15) is 16.8 Å². The van der Waals surface area contributed by atoms with E-state index in [-0.39, 0.29) is 0 Å². The summed E-state index contributed by atoms with van der Waals surface area (Å²) in [6, 6.07) is 14.2. The Balaban J connectivity index is 1.71. The van der Waals surface area contributed by atoms with Gasteiger partial charge < -0.3 is 0 Å². The molecule has 0 aliphatic carbocycles. The summed E-state index contributed by atoms with van der Waals surface area (Å²) in [5.74, 6) is 0.757. The molecule has 25 heavy (non-hydrogen) atoms. The highest BCUT2D eigenvalue weighted by Gasteiger charge is 2.08. The van der Waals surface area contributed by atoms with Crippen molar-refractivity contribution >= 4 is 0 Å². The topological polar surface area (TPSA) is 41.9 Å². The lowest BCUT2D eigenvalue weighted by Crippen LogP contribution is -2.23. The zero-order valence-electron chi connectivity index (χ0n) is 14.5. The Labute approximate surface area is 148 Å². The number of pyridine rings is 1. The van der Waals surface area contributed by atoms with E-state index in [0.717, 1.165) is 42.3 Å². The van der Waals surface area contributed by atoms with Crippen molar-refractivity contribution in [3.63, 3.8) is 0 Å². The van der Waals surface area contributed by atoms with Crippen molar-refractivity contribution in [3.05, 3.63) is 90.5 Å². The molecule has 0 saturated heterocycles. The first-order valence-electron chi connectivity index (χ1n) is 8.36. The maximum atomic E-state index is 4.53. The summed E-state index contributed by atoms with van der Waals surface area (Å²) in [6.45, 7) is 8.24. The molecule has 0 bridgehead atoms. The predicted molar refractivity (Wildman–Crippen MR) is 101 cm³/mol. The summed E-state index contributed by atoms with van der Waals surface area (Å²) in [5.41, 5.74) is 4.37. The molecule has 0 amide bonds. The van der Waals surface area contributed by atoms with Crippen molar-refractivity contribution < 1.29 is 0 Å². The largest absolute Gasteiger partial charge is 0.290 e. The molecular formula is C21H22N4. The van der Waals surface area contributed by atoms with Crippen molar-refractivity contribution in [2.75, 3.05) is 6.54 Å². The lowest BCUT2D eigenvalue weighted by Gasteiger charge is -2.20. The molecule has 0 atom stereocenters. The smallest absolute Gasteiger partial charge is 0.159 e. The standard InChI is InChI=1S/C21H22N4/c1-3-11-25(16-20-9-4-5-10-22-20)15-18-13-23-21(24-14-18)19-8-6-7-17(2)12-19/h3-10,12-14H,1,11,15-16H2,2H3. The van der Waals surface area contributed by atoms with Gasteiger partial charge in [0.05, 0.1) is 5.69 Å². The second-order valence-corrected chi connectivity index (χ2v) is 6.06. The average Bonchev–Trinajstić information content (AvgIpc) is 2.63. The summed E-state index contributed by atoms with van der Waals surface area (Å²) in [7, 11) is 0. The van der Waals surface area contributed by atoms with Crippen LogP contribution in [0, 0.1) is 6.92 Å². The molecule has 0 radical (unpaired) electrons. The van der Waals surface area contributed by atoms with Gasteiger partial charge in [0.15, 0.2) is 5.82 Å². The predicted octanol–water partition coefficient (Wildman–Crippen LogP) is 4.04. The third kappa shape index (κ3) is 4.81. The molecule has 0 saturated carbocycles. The Kier molecular flexibility index (Phi) is 5.65. The van der Waals surface area contributed by atoms with Crippen molar-refractivity contribution in [2.45, 2.75) is 20.0 Å². The summed E-state index contributed by atoms with van der Waals surface area (Å²) in [6.07, 6.45) is 7.53. The van der Waals surface area contributed by atoms with Crippen molar-refractivity contribution in [3.8, 4) is 11.4 Å². The molecule has 4 nitrogen and oxygen atoms in total. The summed E-state index contributed by atoms with van der Waals surface area (Å²) < 4.78 is 0. The summed E-state index contributed by atoms with van der Waals surface area (Å²) in [4.78, 5) is 15.7. The molecule has 0 N–H and O–H groups in total. The molecule has 4 heteroatoms. The zero-order chi connectivity index (χ0) is 17.5. The van der Waals surface area contributed by atoms with Crippen molar-refractivity contribution in [1.29, 1.82) is 0 Å². The monoisotopic (exact) mass is 330 g/mol. The number of nitrogens with zero attached hydrogens (tertiary/aromatic N) is 4. The van der Waals surface area contributed by atoms with Crippen LogP contribution in [0.2, 0.25) is 0 Å². The summed E-state index contributed by atoms with van der Waals surface area (Å²) >= 11 is 0. The Morgan fingerprint density at radius 3 is 2.52 bits per heavy atom. The molecule has 0 unspecified atom stereocenters. The van der Waals surface area contributed by atoms with Gasteiger partial charge in [-0.05, 0) is 25.1 Å². The van der Waals surface area contributed by atoms with Crippen LogP contribution in [-0.4, -0.2) is 26.4 Å². The van der Waals surface area contributed by atoms with E-state index in [1.54, 1.807) is 0 Å². The normalized spacial score (nSPS) is 10.8. The highest BCUT2D eigenvalue weighted by Crippen LogP contribution is 2.16. The van der Waals surface area contributed by atoms with E-state index in [1.165, 1.54) is 5.56 Å². The molecular weight excluding hydrogens is 308 g/mol. The molecule has 0 fully saturated rings. The molecule has 0 aliphatic rings. The molecule has 3 aromatic rings. The van der Waals surface area contributed by atoms with Crippen LogP contribution in [0.3, 0.4) is 0 Å². The lowest BCUT2D eigenvalue weighted by atomic mass is 10.1. The van der Waals surface area contributed by atoms with Gasteiger partial charge in [-0.15, -0.1) is 6.58 Å². The minimum Gasteiger partial charge on any atom is -0.290 e. The van der Waals surface area contributed by atoms with Crippen LogP contribution < -0.4 is 0 Å². The quantitative estimate of drug-likeness (QED) is 0.613. The van der Waals surface area contributed by atoms with E-state index in [4.69, 9.17) is 0 Å². The first kappa shape index (κ1) is 17.0. The molecule has 2 heterocycles. The molecule has 0 spiro atoms. The number of aryl methyl sites for hydroxylation is 1. The SMILES string of the molecule is C=CCN(Cc1cnc(-c2cccc(C)c2)nc1)Cc1ccccn1. The summed E-state index contributed by atoms with van der Waals surface area (Å²) in [5, 5.41) is 0. The van der Waals surface area contributed by atoms with E-state index in [2.05, 4.69) is 45.5 Å². The number of aromatic nitrogens is 3. The van der Waals surface area contributed by atoms with Gasteiger partial charge in [0.2, 0.25) is 0 Å². The van der Waals surface area contributed by atoms with Gasteiger partial charge in [0.25, 0.3) is 0 Å². The molecule has 1 aromatic carbocycles. The van der Waals surface area contributed by atoms with E-state index in [0.29, 0.717) is 0 Å². The third-order valence-electron chi connectivity index (χ3n) is 3.89. The Bertz CT molecular complexity index is 813. The van der Waals surface area contributed by atoms with Crippen LogP contribution in [0.5, 0.6) is 0 Å². The van der Waals surface area contributed by atoms with Crippen LogP contribution in [-0.2, 0) is 13.1 Å². The highest BCUT2D eigenvalue weighted by atomic mass is 15.1. The van der Waals surface area contributed by atoms with Gasteiger partial charge in [-0.1, -0.05) is 35.9 Å². The van der Waals surface area contributed by atoms with Gasteiger partial charge >= 0.3 is 0 Å². The van der Waals surface area contributed by atoms with Crippen LogP contribution >= 0.6 is 0 Å². The minimum absolute atomic E-state index is 0.757. The molecule has 0 aliphatic heterocycles.